The molecule has 0 saturated carbocycles. The Morgan fingerprint density at radius 2 is 2.21 bits per heavy atom. The summed E-state index contributed by atoms with van der Waals surface area (Å²) in [6, 6.07) is 6.00. The molecule has 0 fully saturated rings. The molecule has 1 aliphatic heterocycles. The Morgan fingerprint density at radius 3 is 2.95 bits per heavy atom. The summed E-state index contributed by atoms with van der Waals surface area (Å²) in [4.78, 5) is 23.7. The van der Waals surface area contributed by atoms with Crippen molar-refractivity contribution in [3.05, 3.63) is 29.3 Å². The third kappa shape index (κ3) is 3.79. The number of carbonyl (C=O) groups excluding carboxylic acids is 1. The van der Waals surface area contributed by atoms with E-state index in [-0.39, 0.29) is 12.3 Å². The number of carboxylic acids is 1. The molecule has 1 aliphatic rings. The van der Waals surface area contributed by atoms with Gasteiger partial charge in [0.1, 0.15) is 0 Å². The SMILES string of the molecule is CN(CCC(=O)O)CCc1ccc2c(c1)CC(=O)N2. The Morgan fingerprint density at radius 1 is 1.42 bits per heavy atom. The van der Waals surface area contributed by atoms with E-state index in [1.54, 1.807) is 0 Å². The molecule has 0 atom stereocenters. The Hall–Kier alpha value is -1.88. The van der Waals surface area contributed by atoms with Crippen LogP contribution in [0.1, 0.15) is 17.5 Å². The third-order valence-electron chi connectivity index (χ3n) is 3.28. The Labute approximate surface area is 112 Å². The number of nitrogens with one attached hydrogen (secondary N) is 1. The van der Waals surface area contributed by atoms with E-state index >= 15 is 0 Å². The first-order valence-electron chi connectivity index (χ1n) is 6.36. The van der Waals surface area contributed by atoms with Crippen molar-refractivity contribution >= 4 is 17.6 Å². The highest BCUT2D eigenvalue weighted by molar-refractivity contribution is 5.99. The number of aliphatic carboxylic acids is 1. The van der Waals surface area contributed by atoms with E-state index in [0.717, 1.165) is 24.2 Å². The van der Waals surface area contributed by atoms with Gasteiger partial charge in [-0.25, -0.2) is 0 Å². The standard InChI is InChI=1S/C14H18N2O3/c1-16(7-5-14(18)19)6-4-10-2-3-12-11(8-10)9-13(17)15-12/h2-3,8H,4-7,9H2,1H3,(H,15,17)(H,18,19). The summed E-state index contributed by atoms with van der Waals surface area (Å²) >= 11 is 0. The van der Waals surface area contributed by atoms with Crippen LogP contribution in [0.4, 0.5) is 5.69 Å². The Kier molecular flexibility index (Phi) is 4.16. The van der Waals surface area contributed by atoms with E-state index < -0.39 is 5.97 Å². The Bertz CT molecular complexity index is 499. The maximum Gasteiger partial charge on any atom is 0.304 e. The van der Waals surface area contributed by atoms with Gasteiger partial charge in [-0.2, -0.15) is 0 Å². The van der Waals surface area contributed by atoms with Gasteiger partial charge in [-0.05, 0) is 30.7 Å². The molecular weight excluding hydrogens is 244 g/mol. The third-order valence-corrected chi connectivity index (χ3v) is 3.28. The zero-order valence-electron chi connectivity index (χ0n) is 11.0. The largest absolute Gasteiger partial charge is 0.481 e. The zero-order valence-corrected chi connectivity index (χ0v) is 11.0. The topological polar surface area (TPSA) is 69.6 Å². The van der Waals surface area contributed by atoms with Crippen LogP contribution in [-0.2, 0) is 22.4 Å². The molecule has 2 N–H and O–H groups in total. The summed E-state index contributed by atoms with van der Waals surface area (Å²) in [5.74, 6) is -0.723. The maximum atomic E-state index is 11.3. The number of fused-ring (bicyclic) bond motifs is 1. The van der Waals surface area contributed by atoms with E-state index in [0.29, 0.717) is 13.0 Å². The normalized spacial score (nSPS) is 13.5. The van der Waals surface area contributed by atoms with Crippen molar-refractivity contribution < 1.29 is 14.7 Å². The molecule has 0 aromatic heterocycles. The fraction of sp³-hybridized carbons (Fsp3) is 0.429. The van der Waals surface area contributed by atoms with Crippen LogP contribution in [0.3, 0.4) is 0 Å². The van der Waals surface area contributed by atoms with Gasteiger partial charge in [-0.15, -0.1) is 0 Å². The average molecular weight is 262 g/mol. The first-order chi connectivity index (χ1) is 9.04. The molecule has 0 bridgehead atoms. The smallest absolute Gasteiger partial charge is 0.304 e. The molecule has 19 heavy (non-hydrogen) atoms. The van der Waals surface area contributed by atoms with Crippen LogP contribution in [0.15, 0.2) is 18.2 Å². The van der Waals surface area contributed by atoms with Gasteiger partial charge in [-0.1, -0.05) is 12.1 Å². The minimum atomic E-state index is -0.769. The van der Waals surface area contributed by atoms with Crippen molar-refractivity contribution in [2.45, 2.75) is 19.3 Å². The molecule has 0 spiro atoms. The van der Waals surface area contributed by atoms with Gasteiger partial charge in [0.15, 0.2) is 0 Å². The Balaban J connectivity index is 1.85. The summed E-state index contributed by atoms with van der Waals surface area (Å²) in [6.45, 7) is 1.37. The molecule has 2 rings (SSSR count). The van der Waals surface area contributed by atoms with Gasteiger partial charge in [0, 0.05) is 18.8 Å². The maximum absolute atomic E-state index is 11.3. The zero-order chi connectivity index (χ0) is 13.8. The number of carbonyl (C=O) groups is 2. The molecule has 102 valence electrons. The predicted octanol–water partition coefficient (Wildman–Crippen LogP) is 1.13. The van der Waals surface area contributed by atoms with Crippen molar-refractivity contribution in [2.24, 2.45) is 0 Å². The van der Waals surface area contributed by atoms with Crippen molar-refractivity contribution in [1.29, 1.82) is 0 Å². The number of hydrogen-bond acceptors (Lipinski definition) is 3. The lowest BCUT2D eigenvalue weighted by Crippen LogP contribution is -2.24. The van der Waals surface area contributed by atoms with Gasteiger partial charge in [-0.3, -0.25) is 9.59 Å². The van der Waals surface area contributed by atoms with Gasteiger partial charge in [0.25, 0.3) is 0 Å². The van der Waals surface area contributed by atoms with E-state index in [1.807, 2.05) is 24.1 Å². The summed E-state index contributed by atoms with van der Waals surface area (Å²) in [5, 5.41) is 11.4. The second kappa shape index (κ2) is 5.84. The average Bonchev–Trinajstić information content (AvgIpc) is 2.73. The van der Waals surface area contributed by atoms with Crippen LogP contribution in [0.2, 0.25) is 0 Å². The molecule has 0 radical (unpaired) electrons. The van der Waals surface area contributed by atoms with Gasteiger partial charge in [0.2, 0.25) is 5.91 Å². The van der Waals surface area contributed by atoms with Gasteiger partial charge >= 0.3 is 5.97 Å². The highest BCUT2D eigenvalue weighted by atomic mass is 16.4. The van der Waals surface area contributed by atoms with E-state index in [2.05, 4.69) is 11.4 Å². The van der Waals surface area contributed by atoms with Crippen LogP contribution in [0.25, 0.3) is 0 Å². The van der Waals surface area contributed by atoms with E-state index in [9.17, 15) is 9.59 Å². The molecule has 1 amide bonds. The lowest BCUT2D eigenvalue weighted by Gasteiger charge is -2.15. The molecular formula is C14H18N2O3. The highest BCUT2D eigenvalue weighted by Crippen LogP contribution is 2.23. The number of amides is 1. The molecule has 0 aliphatic carbocycles. The second-order valence-corrected chi connectivity index (χ2v) is 4.91. The number of anilines is 1. The molecule has 0 saturated heterocycles. The second-order valence-electron chi connectivity index (χ2n) is 4.91. The van der Waals surface area contributed by atoms with Crippen LogP contribution < -0.4 is 5.32 Å². The minimum absolute atomic E-state index is 0.0470. The van der Waals surface area contributed by atoms with Crippen LogP contribution in [0.5, 0.6) is 0 Å². The van der Waals surface area contributed by atoms with Gasteiger partial charge in [0.05, 0.1) is 12.8 Å². The fourth-order valence-corrected chi connectivity index (χ4v) is 2.16. The van der Waals surface area contributed by atoms with Crippen LogP contribution >= 0.6 is 0 Å². The molecule has 5 heteroatoms. The lowest BCUT2D eigenvalue weighted by atomic mass is 10.1. The number of carboxylic acid groups (broad SMARTS) is 1. The number of hydrogen-bond donors (Lipinski definition) is 2. The van der Waals surface area contributed by atoms with Gasteiger partial charge < -0.3 is 15.3 Å². The van der Waals surface area contributed by atoms with Crippen molar-refractivity contribution in [3.63, 3.8) is 0 Å². The number of likely N-dealkylation sites (N-methyl/N-ethyl adjacent to an activating group) is 1. The molecule has 1 aromatic rings. The number of rotatable bonds is 6. The first-order valence-corrected chi connectivity index (χ1v) is 6.36. The summed E-state index contributed by atoms with van der Waals surface area (Å²) in [7, 11) is 1.92. The fourth-order valence-electron chi connectivity index (χ4n) is 2.16. The summed E-state index contributed by atoms with van der Waals surface area (Å²) in [6.07, 6.45) is 1.48. The van der Waals surface area contributed by atoms with Crippen molar-refractivity contribution in [1.82, 2.24) is 4.90 Å². The number of benzene rings is 1. The van der Waals surface area contributed by atoms with E-state index in [1.165, 1.54) is 5.56 Å². The molecule has 1 aromatic carbocycles. The molecule has 5 nitrogen and oxygen atoms in total. The van der Waals surface area contributed by atoms with Crippen molar-refractivity contribution in [3.8, 4) is 0 Å². The van der Waals surface area contributed by atoms with Crippen LogP contribution in [0, 0.1) is 0 Å². The monoisotopic (exact) mass is 262 g/mol. The quantitative estimate of drug-likeness (QED) is 0.806. The predicted molar refractivity (Wildman–Crippen MR) is 72.2 cm³/mol. The summed E-state index contributed by atoms with van der Waals surface area (Å²) in [5.41, 5.74) is 3.14. The molecule has 0 unspecified atom stereocenters. The van der Waals surface area contributed by atoms with Crippen molar-refractivity contribution in [2.75, 3.05) is 25.5 Å². The first kappa shape index (κ1) is 13.5. The van der Waals surface area contributed by atoms with E-state index in [4.69, 9.17) is 5.11 Å². The minimum Gasteiger partial charge on any atom is -0.481 e. The number of nitrogens with zero attached hydrogens (tertiary/aromatic N) is 1. The molecule has 1 heterocycles. The summed E-state index contributed by atoms with van der Waals surface area (Å²) < 4.78 is 0. The van der Waals surface area contributed by atoms with Crippen LogP contribution in [-0.4, -0.2) is 42.0 Å². The lowest BCUT2D eigenvalue weighted by molar-refractivity contribution is -0.137. The highest BCUT2D eigenvalue weighted by Gasteiger charge is 2.17.